The highest BCUT2D eigenvalue weighted by Crippen LogP contribution is 2.28. The number of benzene rings is 1. The summed E-state index contributed by atoms with van der Waals surface area (Å²) in [5, 5.41) is 0. The van der Waals surface area contributed by atoms with Gasteiger partial charge in [-0.2, -0.15) is 0 Å². The zero-order valence-corrected chi connectivity index (χ0v) is 13.2. The summed E-state index contributed by atoms with van der Waals surface area (Å²) in [6.45, 7) is 16.6. The fraction of sp³-hybridized carbons (Fsp3) is 0.625. The number of rotatable bonds is 2. The fourth-order valence-electron chi connectivity index (χ4n) is 2.06. The Morgan fingerprint density at radius 3 is 1.76 bits per heavy atom. The summed E-state index contributed by atoms with van der Waals surface area (Å²) in [7, 11) is 1.74. The van der Waals surface area contributed by atoms with Crippen LogP contribution in [0.2, 0.25) is 0 Å². The van der Waals surface area contributed by atoms with Crippen molar-refractivity contribution in [1.29, 1.82) is 0 Å². The summed E-state index contributed by atoms with van der Waals surface area (Å²) in [5.41, 5.74) is 5.32. The molecule has 0 aliphatic rings. The molecule has 0 radical (unpaired) electrons. The fourth-order valence-corrected chi connectivity index (χ4v) is 2.06. The van der Waals surface area contributed by atoms with E-state index >= 15 is 0 Å². The molecule has 0 atom stereocenters. The number of ether oxygens (including phenoxy) is 1. The molecule has 0 N–H and O–H groups in total. The molecule has 100 valence electrons. The molecular formula is C16H30O. The summed E-state index contributed by atoms with van der Waals surface area (Å²) in [6.07, 6.45) is 1.08. The molecule has 0 saturated carbocycles. The second-order valence-electron chi connectivity index (χ2n) is 3.50. The Morgan fingerprint density at radius 2 is 1.41 bits per heavy atom. The van der Waals surface area contributed by atoms with Crippen molar-refractivity contribution in [2.45, 2.75) is 61.8 Å². The first-order valence-corrected chi connectivity index (χ1v) is 6.75. The van der Waals surface area contributed by atoms with Crippen molar-refractivity contribution in [2.24, 2.45) is 0 Å². The van der Waals surface area contributed by atoms with E-state index in [2.05, 4.69) is 33.8 Å². The van der Waals surface area contributed by atoms with Gasteiger partial charge in [0.15, 0.2) is 0 Å². The second kappa shape index (κ2) is 10.2. The summed E-state index contributed by atoms with van der Waals surface area (Å²) in [4.78, 5) is 0. The maximum absolute atomic E-state index is 5.37. The zero-order chi connectivity index (χ0) is 14.0. The van der Waals surface area contributed by atoms with Crippen molar-refractivity contribution in [3.8, 4) is 5.75 Å². The van der Waals surface area contributed by atoms with Gasteiger partial charge in [0, 0.05) is 0 Å². The van der Waals surface area contributed by atoms with Crippen LogP contribution in [-0.2, 0) is 6.42 Å². The first-order valence-electron chi connectivity index (χ1n) is 6.75. The molecule has 1 aromatic carbocycles. The Morgan fingerprint density at radius 1 is 0.941 bits per heavy atom. The maximum Gasteiger partial charge on any atom is 0.124 e. The quantitative estimate of drug-likeness (QED) is 0.685. The van der Waals surface area contributed by atoms with Gasteiger partial charge in [-0.25, -0.2) is 0 Å². The van der Waals surface area contributed by atoms with Crippen LogP contribution in [-0.4, -0.2) is 7.11 Å². The Kier molecular flexibility index (Phi) is 11.0. The van der Waals surface area contributed by atoms with E-state index in [0.29, 0.717) is 0 Å². The molecule has 0 saturated heterocycles. The van der Waals surface area contributed by atoms with Crippen molar-refractivity contribution >= 4 is 0 Å². The monoisotopic (exact) mass is 238 g/mol. The van der Waals surface area contributed by atoms with Crippen LogP contribution in [0.5, 0.6) is 5.75 Å². The molecule has 0 aromatic heterocycles. The van der Waals surface area contributed by atoms with Gasteiger partial charge in [-0.05, 0) is 49.4 Å². The summed E-state index contributed by atoms with van der Waals surface area (Å²) < 4.78 is 5.37. The van der Waals surface area contributed by atoms with Crippen LogP contribution in [0.4, 0.5) is 0 Å². The van der Waals surface area contributed by atoms with Crippen LogP contribution >= 0.6 is 0 Å². The van der Waals surface area contributed by atoms with Crippen LogP contribution in [0.15, 0.2) is 6.07 Å². The molecule has 0 amide bonds. The van der Waals surface area contributed by atoms with Crippen LogP contribution in [0, 0.1) is 20.8 Å². The van der Waals surface area contributed by atoms with Crippen molar-refractivity contribution in [3.05, 3.63) is 28.3 Å². The molecule has 0 fully saturated rings. The van der Waals surface area contributed by atoms with Gasteiger partial charge in [-0.3, -0.25) is 0 Å². The Labute approximate surface area is 108 Å². The first-order chi connectivity index (χ1) is 8.11. The van der Waals surface area contributed by atoms with Crippen LogP contribution in [0.3, 0.4) is 0 Å². The van der Waals surface area contributed by atoms with Crippen molar-refractivity contribution in [3.63, 3.8) is 0 Å². The molecule has 1 aromatic rings. The van der Waals surface area contributed by atoms with Crippen molar-refractivity contribution < 1.29 is 4.74 Å². The lowest BCUT2D eigenvalue weighted by molar-refractivity contribution is 0.408. The zero-order valence-electron chi connectivity index (χ0n) is 13.2. The van der Waals surface area contributed by atoms with Crippen LogP contribution in [0.25, 0.3) is 0 Å². The first kappa shape index (κ1) is 18.4. The minimum Gasteiger partial charge on any atom is -0.496 e. The standard InChI is InChI=1S/C12H18O.2C2H6/c1-6-11-8(2)7-9(3)12(13-5)10(11)4;2*1-2/h7H,6H2,1-5H3;2*1-2H3. The minimum atomic E-state index is 1.04. The number of hydrogen-bond donors (Lipinski definition) is 0. The van der Waals surface area contributed by atoms with Crippen LogP contribution < -0.4 is 4.74 Å². The second-order valence-corrected chi connectivity index (χ2v) is 3.50. The van der Waals surface area contributed by atoms with E-state index in [9.17, 15) is 0 Å². The van der Waals surface area contributed by atoms with E-state index in [1.807, 2.05) is 27.7 Å². The SMILES string of the molecule is CC.CC.CCc1c(C)cc(C)c(OC)c1C. The average molecular weight is 238 g/mol. The van der Waals surface area contributed by atoms with Gasteiger partial charge < -0.3 is 4.74 Å². The molecule has 0 spiro atoms. The number of hydrogen-bond acceptors (Lipinski definition) is 1. The van der Waals surface area contributed by atoms with E-state index in [4.69, 9.17) is 4.74 Å². The molecule has 1 heteroatoms. The average Bonchev–Trinajstić information content (AvgIpc) is 2.34. The topological polar surface area (TPSA) is 9.23 Å². The highest BCUT2D eigenvalue weighted by Gasteiger charge is 2.09. The lowest BCUT2D eigenvalue weighted by Gasteiger charge is -2.14. The van der Waals surface area contributed by atoms with Gasteiger partial charge in [0.05, 0.1) is 7.11 Å². The van der Waals surface area contributed by atoms with Gasteiger partial charge in [0.25, 0.3) is 0 Å². The Bertz CT molecular complexity index is 286. The highest BCUT2D eigenvalue weighted by atomic mass is 16.5. The smallest absolute Gasteiger partial charge is 0.124 e. The van der Waals surface area contributed by atoms with E-state index in [1.165, 1.54) is 22.3 Å². The minimum absolute atomic E-state index is 1.04. The molecule has 1 rings (SSSR count). The third-order valence-electron chi connectivity index (χ3n) is 2.62. The van der Waals surface area contributed by atoms with E-state index in [-0.39, 0.29) is 0 Å². The number of aryl methyl sites for hydroxylation is 2. The van der Waals surface area contributed by atoms with Crippen molar-refractivity contribution in [2.75, 3.05) is 7.11 Å². The lowest BCUT2D eigenvalue weighted by atomic mass is 9.97. The summed E-state index contributed by atoms with van der Waals surface area (Å²) in [6, 6.07) is 2.20. The number of methoxy groups -OCH3 is 1. The van der Waals surface area contributed by atoms with Gasteiger partial charge >= 0.3 is 0 Å². The largest absolute Gasteiger partial charge is 0.496 e. The molecule has 0 aliphatic carbocycles. The van der Waals surface area contributed by atoms with Crippen molar-refractivity contribution in [1.82, 2.24) is 0 Å². The third kappa shape index (κ3) is 4.80. The molecule has 0 aliphatic heterocycles. The van der Waals surface area contributed by atoms with Crippen LogP contribution in [0.1, 0.15) is 56.9 Å². The Hall–Kier alpha value is -0.980. The Balaban J connectivity index is 0. The summed E-state index contributed by atoms with van der Waals surface area (Å²) in [5.74, 6) is 1.04. The van der Waals surface area contributed by atoms with Gasteiger partial charge in [-0.1, -0.05) is 40.7 Å². The lowest BCUT2D eigenvalue weighted by Crippen LogP contribution is -1.98. The molecule has 1 nitrogen and oxygen atoms in total. The van der Waals surface area contributed by atoms with Gasteiger partial charge in [-0.15, -0.1) is 0 Å². The van der Waals surface area contributed by atoms with E-state index < -0.39 is 0 Å². The van der Waals surface area contributed by atoms with Gasteiger partial charge in [0.2, 0.25) is 0 Å². The molecule has 0 unspecified atom stereocenters. The normalized spacial score (nSPS) is 8.53. The highest BCUT2D eigenvalue weighted by molar-refractivity contribution is 5.49. The third-order valence-corrected chi connectivity index (χ3v) is 2.62. The predicted octanol–water partition coefficient (Wildman–Crippen LogP) is 5.24. The maximum atomic E-state index is 5.37. The van der Waals surface area contributed by atoms with E-state index in [1.54, 1.807) is 7.11 Å². The molecule has 17 heavy (non-hydrogen) atoms. The van der Waals surface area contributed by atoms with E-state index in [0.717, 1.165) is 12.2 Å². The molecular weight excluding hydrogens is 208 g/mol. The van der Waals surface area contributed by atoms with Gasteiger partial charge in [0.1, 0.15) is 5.75 Å². The predicted molar refractivity (Wildman–Crippen MR) is 79.3 cm³/mol. The molecule has 0 bridgehead atoms. The summed E-state index contributed by atoms with van der Waals surface area (Å²) >= 11 is 0. The molecule has 0 heterocycles.